The van der Waals surface area contributed by atoms with Crippen molar-refractivity contribution >= 4 is 17.6 Å². The molecule has 0 saturated carbocycles. The van der Waals surface area contributed by atoms with E-state index in [4.69, 9.17) is 9.47 Å². The Hall–Kier alpha value is -2.30. The van der Waals surface area contributed by atoms with Gasteiger partial charge in [0.05, 0.1) is 24.8 Å². The van der Waals surface area contributed by atoms with Crippen molar-refractivity contribution < 1.29 is 19.1 Å². The normalized spacial score (nSPS) is 22.9. The lowest BCUT2D eigenvalue weighted by Crippen LogP contribution is -2.27. The fraction of sp³-hybridized carbons (Fsp3) is 0.500. The van der Waals surface area contributed by atoms with Crippen LogP contribution in [0, 0.1) is 11.8 Å². The van der Waals surface area contributed by atoms with Crippen molar-refractivity contribution in [1.82, 2.24) is 0 Å². The van der Waals surface area contributed by atoms with Crippen molar-refractivity contribution in [2.75, 3.05) is 24.7 Å². The van der Waals surface area contributed by atoms with E-state index < -0.39 is 5.92 Å². The summed E-state index contributed by atoms with van der Waals surface area (Å²) >= 11 is 0. The zero-order valence-electron chi connectivity index (χ0n) is 14.6. The Bertz CT molecular complexity index is 655. The number of carbonyl (C=O) groups excluding carboxylic acids is 2. The van der Waals surface area contributed by atoms with Gasteiger partial charge in [0.15, 0.2) is 0 Å². The summed E-state index contributed by atoms with van der Waals surface area (Å²) in [5.74, 6) is 0.345. The van der Waals surface area contributed by atoms with E-state index in [2.05, 4.69) is 12.2 Å². The van der Waals surface area contributed by atoms with Gasteiger partial charge in [0, 0.05) is 13.0 Å². The summed E-state index contributed by atoms with van der Waals surface area (Å²) in [5.41, 5.74) is 0.724. The molecule has 25 heavy (non-hydrogen) atoms. The number of carbonyl (C=O) groups is 2. The van der Waals surface area contributed by atoms with Gasteiger partial charge in [-0.25, -0.2) is 0 Å². The molecule has 1 aliphatic heterocycles. The molecular formula is C20H25NO4. The first-order valence-corrected chi connectivity index (χ1v) is 9.03. The van der Waals surface area contributed by atoms with Gasteiger partial charge >= 0.3 is 5.97 Å². The highest BCUT2D eigenvalue weighted by Gasteiger charge is 2.37. The summed E-state index contributed by atoms with van der Waals surface area (Å²) in [5, 5.41) is 0. The Morgan fingerprint density at radius 2 is 2.12 bits per heavy atom. The number of anilines is 1. The van der Waals surface area contributed by atoms with E-state index in [1.165, 1.54) is 0 Å². The molecule has 1 heterocycles. The molecule has 2 unspecified atom stereocenters. The van der Waals surface area contributed by atoms with E-state index in [1.54, 1.807) is 4.90 Å². The Labute approximate surface area is 148 Å². The second-order valence-corrected chi connectivity index (χ2v) is 6.59. The molecule has 0 spiro atoms. The van der Waals surface area contributed by atoms with Gasteiger partial charge in [-0.2, -0.15) is 0 Å². The number of amides is 1. The molecule has 1 fully saturated rings. The smallest absolute Gasteiger partial charge is 0.311 e. The molecule has 0 bridgehead atoms. The van der Waals surface area contributed by atoms with E-state index in [1.807, 2.05) is 31.2 Å². The predicted molar refractivity (Wildman–Crippen MR) is 95.5 cm³/mol. The Balaban J connectivity index is 1.60. The Morgan fingerprint density at radius 1 is 1.28 bits per heavy atom. The van der Waals surface area contributed by atoms with Crippen LogP contribution in [0.5, 0.6) is 5.75 Å². The largest absolute Gasteiger partial charge is 0.492 e. The van der Waals surface area contributed by atoms with Crippen LogP contribution >= 0.6 is 0 Å². The predicted octanol–water partition coefficient (Wildman–Crippen LogP) is 3.34. The molecule has 1 amide bonds. The van der Waals surface area contributed by atoms with Crippen molar-refractivity contribution in [1.29, 1.82) is 0 Å². The maximum absolute atomic E-state index is 12.4. The quantitative estimate of drug-likeness (QED) is 0.587. The zero-order valence-corrected chi connectivity index (χ0v) is 14.6. The number of nitrogens with zero attached hydrogens (tertiary/aromatic N) is 1. The molecule has 5 nitrogen and oxygen atoms in total. The van der Waals surface area contributed by atoms with Crippen molar-refractivity contribution in [3.8, 4) is 5.75 Å². The summed E-state index contributed by atoms with van der Waals surface area (Å²) in [6.07, 6.45) is 7.58. The molecule has 1 aromatic rings. The van der Waals surface area contributed by atoms with Crippen molar-refractivity contribution in [3.05, 3.63) is 36.4 Å². The highest BCUT2D eigenvalue weighted by Crippen LogP contribution is 2.33. The van der Waals surface area contributed by atoms with Gasteiger partial charge < -0.3 is 14.4 Å². The van der Waals surface area contributed by atoms with Gasteiger partial charge in [0.2, 0.25) is 5.91 Å². The van der Waals surface area contributed by atoms with Crippen molar-refractivity contribution in [3.63, 3.8) is 0 Å². The number of ether oxygens (including phenoxy) is 2. The Morgan fingerprint density at radius 3 is 2.88 bits per heavy atom. The average molecular weight is 343 g/mol. The first-order valence-electron chi connectivity index (χ1n) is 9.03. The number of rotatable bonds is 6. The van der Waals surface area contributed by atoms with E-state index >= 15 is 0 Å². The van der Waals surface area contributed by atoms with Crippen molar-refractivity contribution in [2.45, 2.75) is 32.6 Å². The monoisotopic (exact) mass is 343 g/mol. The first kappa shape index (κ1) is 17.5. The van der Waals surface area contributed by atoms with Crippen LogP contribution < -0.4 is 9.64 Å². The minimum Gasteiger partial charge on any atom is -0.492 e. The fourth-order valence-corrected chi connectivity index (χ4v) is 3.38. The number of para-hydroxylation sites is 2. The van der Waals surface area contributed by atoms with Crippen LogP contribution in [-0.4, -0.2) is 31.6 Å². The maximum Gasteiger partial charge on any atom is 0.311 e. The summed E-state index contributed by atoms with van der Waals surface area (Å²) in [7, 11) is 0. The molecule has 1 aliphatic carbocycles. The molecule has 0 radical (unpaired) electrons. The molecule has 0 N–H and O–H groups in total. The summed E-state index contributed by atoms with van der Waals surface area (Å²) in [4.78, 5) is 26.4. The van der Waals surface area contributed by atoms with Gasteiger partial charge in [-0.3, -0.25) is 9.59 Å². The van der Waals surface area contributed by atoms with Crippen LogP contribution in [0.4, 0.5) is 5.69 Å². The topological polar surface area (TPSA) is 55.8 Å². The lowest BCUT2D eigenvalue weighted by molar-refractivity contribution is -0.149. The number of hydrogen-bond donors (Lipinski definition) is 0. The second-order valence-electron chi connectivity index (χ2n) is 6.59. The van der Waals surface area contributed by atoms with Gasteiger partial charge in [0.25, 0.3) is 0 Å². The van der Waals surface area contributed by atoms with Gasteiger partial charge in [-0.15, -0.1) is 0 Å². The molecule has 2 atom stereocenters. The van der Waals surface area contributed by atoms with Crippen LogP contribution in [0.25, 0.3) is 0 Å². The average Bonchev–Trinajstić information content (AvgIpc) is 3.03. The van der Waals surface area contributed by atoms with Gasteiger partial charge in [-0.1, -0.05) is 24.3 Å². The molecule has 5 heteroatoms. The minimum absolute atomic E-state index is 0.0605. The number of allylic oxidation sites excluding steroid dienone is 2. The van der Waals surface area contributed by atoms with E-state index in [-0.39, 0.29) is 18.3 Å². The van der Waals surface area contributed by atoms with E-state index in [0.29, 0.717) is 31.4 Å². The second kappa shape index (κ2) is 8.19. The SMILES string of the molecule is CCOc1ccccc1N1CC(C(=O)OCC2CC=CCC2)CC1=O. The molecule has 1 aromatic carbocycles. The van der Waals surface area contributed by atoms with Crippen LogP contribution in [0.15, 0.2) is 36.4 Å². The van der Waals surface area contributed by atoms with Crippen LogP contribution in [-0.2, 0) is 14.3 Å². The number of benzene rings is 1. The third-order valence-electron chi connectivity index (χ3n) is 4.75. The molecule has 134 valence electrons. The molecule has 1 saturated heterocycles. The molecule has 3 rings (SSSR count). The minimum atomic E-state index is -0.402. The third kappa shape index (κ3) is 4.21. The number of hydrogen-bond acceptors (Lipinski definition) is 4. The fourth-order valence-electron chi connectivity index (χ4n) is 3.38. The van der Waals surface area contributed by atoms with Gasteiger partial charge in [-0.05, 0) is 44.2 Å². The lowest BCUT2D eigenvalue weighted by atomic mass is 9.95. The third-order valence-corrected chi connectivity index (χ3v) is 4.75. The summed E-state index contributed by atoms with van der Waals surface area (Å²) in [6, 6.07) is 7.44. The summed E-state index contributed by atoms with van der Waals surface area (Å²) in [6.45, 7) is 3.24. The Kier molecular flexibility index (Phi) is 5.74. The zero-order chi connectivity index (χ0) is 17.6. The molecule has 0 aromatic heterocycles. The maximum atomic E-state index is 12.4. The van der Waals surface area contributed by atoms with E-state index in [9.17, 15) is 9.59 Å². The molecule has 2 aliphatic rings. The van der Waals surface area contributed by atoms with Gasteiger partial charge in [0.1, 0.15) is 5.75 Å². The lowest BCUT2D eigenvalue weighted by Gasteiger charge is -2.20. The number of esters is 1. The standard InChI is InChI=1S/C20H25NO4/c1-2-24-18-11-7-6-10-17(18)21-13-16(12-19(21)22)20(23)25-14-15-8-4-3-5-9-15/h3-4,6-7,10-11,15-16H,2,5,8-9,12-14H2,1H3. The van der Waals surface area contributed by atoms with Crippen LogP contribution in [0.2, 0.25) is 0 Å². The van der Waals surface area contributed by atoms with Crippen molar-refractivity contribution in [2.24, 2.45) is 11.8 Å². The van der Waals surface area contributed by atoms with Crippen LogP contribution in [0.1, 0.15) is 32.6 Å². The molecular weight excluding hydrogens is 318 g/mol. The first-order chi connectivity index (χ1) is 12.2. The highest BCUT2D eigenvalue weighted by molar-refractivity contribution is 6.00. The summed E-state index contributed by atoms with van der Waals surface area (Å²) < 4.78 is 11.1. The van der Waals surface area contributed by atoms with E-state index in [0.717, 1.165) is 24.9 Å². The highest BCUT2D eigenvalue weighted by atomic mass is 16.5. The van der Waals surface area contributed by atoms with Crippen LogP contribution in [0.3, 0.4) is 0 Å².